The number of amides is 1. The van der Waals surface area contributed by atoms with Crippen LogP contribution in [0.25, 0.3) is 0 Å². The van der Waals surface area contributed by atoms with Gasteiger partial charge in [0.05, 0.1) is 18.2 Å². The van der Waals surface area contributed by atoms with Crippen LogP contribution in [-0.4, -0.2) is 27.1 Å². The topological polar surface area (TPSA) is 38.1 Å². The third-order valence-electron chi connectivity index (χ3n) is 6.09. The molecule has 1 aromatic carbocycles. The first kappa shape index (κ1) is 17.3. The SMILES string of the molecule is Cc1nn(CC(C)C)c(C)c1CC(=O)N1C[C@H]2CC[C@H]1c1ccccc12. The summed E-state index contributed by atoms with van der Waals surface area (Å²) in [6.07, 6.45) is 2.77. The van der Waals surface area contributed by atoms with E-state index in [-0.39, 0.29) is 11.9 Å². The molecule has 5 rings (SSSR count). The molecule has 26 heavy (non-hydrogen) atoms. The van der Waals surface area contributed by atoms with Gasteiger partial charge in [-0.2, -0.15) is 5.10 Å². The van der Waals surface area contributed by atoms with Crippen molar-refractivity contribution in [3.8, 4) is 0 Å². The third-order valence-corrected chi connectivity index (χ3v) is 6.09. The zero-order chi connectivity index (χ0) is 18.4. The van der Waals surface area contributed by atoms with Gasteiger partial charge in [0.1, 0.15) is 0 Å². The molecule has 4 heteroatoms. The average Bonchev–Trinajstić information content (AvgIpc) is 2.89. The predicted molar refractivity (Wildman–Crippen MR) is 103 cm³/mol. The molecule has 1 amide bonds. The number of carbonyl (C=O) groups is 1. The average molecular weight is 351 g/mol. The molecule has 138 valence electrons. The Morgan fingerprint density at radius 1 is 1.19 bits per heavy atom. The smallest absolute Gasteiger partial charge is 0.227 e. The zero-order valence-corrected chi connectivity index (χ0v) is 16.3. The van der Waals surface area contributed by atoms with E-state index in [0.29, 0.717) is 18.3 Å². The van der Waals surface area contributed by atoms with Crippen LogP contribution in [0.15, 0.2) is 24.3 Å². The third kappa shape index (κ3) is 2.85. The summed E-state index contributed by atoms with van der Waals surface area (Å²) in [5, 5.41) is 4.68. The summed E-state index contributed by atoms with van der Waals surface area (Å²) in [5.41, 5.74) is 6.09. The Morgan fingerprint density at radius 3 is 2.65 bits per heavy atom. The predicted octanol–water partition coefficient (Wildman–Crippen LogP) is 4.16. The van der Waals surface area contributed by atoms with E-state index in [1.807, 2.05) is 6.92 Å². The lowest BCUT2D eigenvalue weighted by molar-refractivity contribution is -0.135. The van der Waals surface area contributed by atoms with E-state index < -0.39 is 0 Å². The number of carbonyl (C=O) groups excluding carboxylic acids is 1. The molecule has 0 unspecified atom stereocenters. The number of rotatable bonds is 4. The van der Waals surface area contributed by atoms with Crippen molar-refractivity contribution in [1.82, 2.24) is 14.7 Å². The summed E-state index contributed by atoms with van der Waals surface area (Å²) >= 11 is 0. The summed E-state index contributed by atoms with van der Waals surface area (Å²) in [6, 6.07) is 8.95. The number of hydrogen-bond acceptors (Lipinski definition) is 2. The molecule has 0 spiro atoms. The van der Waals surface area contributed by atoms with E-state index >= 15 is 0 Å². The molecule has 1 saturated heterocycles. The highest BCUT2D eigenvalue weighted by atomic mass is 16.2. The van der Waals surface area contributed by atoms with Crippen molar-refractivity contribution in [2.45, 2.75) is 65.5 Å². The lowest BCUT2D eigenvalue weighted by atomic mass is 9.75. The van der Waals surface area contributed by atoms with E-state index in [2.05, 4.69) is 59.7 Å². The van der Waals surface area contributed by atoms with Crippen LogP contribution in [-0.2, 0) is 17.8 Å². The Morgan fingerprint density at radius 2 is 1.92 bits per heavy atom. The van der Waals surface area contributed by atoms with Gasteiger partial charge in [0.15, 0.2) is 0 Å². The van der Waals surface area contributed by atoms with E-state index in [1.54, 1.807) is 0 Å². The molecule has 4 nitrogen and oxygen atoms in total. The number of fused-ring (bicyclic) bond motifs is 2. The second kappa shape index (κ2) is 6.57. The summed E-state index contributed by atoms with van der Waals surface area (Å²) in [5.74, 6) is 1.31. The van der Waals surface area contributed by atoms with Crippen LogP contribution in [0.1, 0.15) is 66.7 Å². The van der Waals surface area contributed by atoms with Gasteiger partial charge in [-0.25, -0.2) is 0 Å². The molecule has 1 fully saturated rings. The Kier molecular flexibility index (Phi) is 4.37. The molecule has 3 aliphatic rings. The van der Waals surface area contributed by atoms with Crippen LogP contribution >= 0.6 is 0 Å². The fourth-order valence-corrected chi connectivity index (χ4v) is 4.78. The van der Waals surface area contributed by atoms with Gasteiger partial charge < -0.3 is 4.90 Å². The molecule has 2 bridgehead atoms. The van der Waals surface area contributed by atoms with Crippen LogP contribution in [0.4, 0.5) is 0 Å². The van der Waals surface area contributed by atoms with E-state index in [0.717, 1.165) is 36.5 Å². The van der Waals surface area contributed by atoms with Gasteiger partial charge in [-0.1, -0.05) is 38.1 Å². The molecule has 0 saturated carbocycles. The van der Waals surface area contributed by atoms with Gasteiger partial charge in [-0.05, 0) is 43.7 Å². The lowest BCUT2D eigenvalue weighted by Gasteiger charge is -2.46. The van der Waals surface area contributed by atoms with Crippen LogP contribution in [0, 0.1) is 19.8 Å². The van der Waals surface area contributed by atoms with Crippen molar-refractivity contribution >= 4 is 5.91 Å². The van der Waals surface area contributed by atoms with Gasteiger partial charge in [0, 0.05) is 30.3 Å². The molecule has 2 atom stereocenters. The number of aromatic nitrogens is 2. The second-order valence-corrected chi connectivity index (χ2v) is 8.37. The monoisotopic (exact) mass is 351 g/mol. The summed E-state index contributed by atoms with van der Waals surface area (Å²) in [6.45, 7) is 10.3. The summed E-state index contributed by atoms with van der Waals surface area (Å²) in [4.78, 5) is 15.3. The van der Waals surface area contributed by atoms with Crippen LogP contribution in [0.5, 0.6) is 0 Å². The number of piperidine rings is 1. The molecule has 1 aliphatic carbocycles. The number of nitrogens with zero attached hydrogens (tertiary/aromatic N) is 3. The van der Waals surface area contributed by atoms with E-state index in [1.165, 1.54) is 17.5 Å². The molecule has 2 aliphatic heterocycles. The maximum absolute atomic E-state index is 13.2. The molecule has 1 aromatic heterocycles. The summed E-state index contributed by atoms with van der Waals surface area (Å²) in [7, 11) is 0. The highest BCUT2D eigenvalue weighted by Gasteiger charge is 2.40. The van der Waals surface area contributed by atoms with Gasteiger partial charge in [-0.15, -0.1) is 0 Å². The van der Waals surface area contributed by atoms with Gasteiger partial charge >= 0.3 is 0 Å². The van der Waals surface area contributed by atoms with Gasteiger partial charge in [-0.3, -0.25) is 9.48 Å². The van der Waals surface area contributed by atoms with Crippen molar-refractivity contribution in [2.75, 3.05) is 6.54 Å². The minimum atomic E-state index is 0.254. The maximum atomic E-state index is 13.2. The van der Waals surface area contributed by atoms with Crippen LogP contribution in [0.3, 0.4) is 0 Å². The van der Waals surface area contributed by atoms with Crippen molar-refractivity contribution < 1.29 is 4.79 Å². The van der Waals surface area contributed by atoms with Crippen molar-refractivity contribution in [3.63, 3.8) is 0 Å². The molecule has 2 aromatic rings. The molecule has 0 N–H and O–H groups in total. The molecule has 0 radical (unpaired) electrons. The number of benzene rings is 1. The highest BCUT2D eigenvalue weighted by Crippen LogP contribution is 2.46. The van der Waals surface area contributed by atoms with E-state index in [9.17, 15) is 4.79 Å². The highest BCUT2D eigenvalue weighted by molar-refractivity contribution is 5.80. The lowest BCUT2D eigenvalue weighted by Crippen LogP contribution is -2.46. The quantitative estimate of drug-likeness (QED) is 0.829. The molecular weight excluding hydrogens is 322 g/mol. The summed E-state index contributed by atoms with van der Waals surface area (Å²) < 4.78 is 2.07. The van der Waals surface area contributed by atoms with Crippen molar-refractivity contribution in [2.24, 2.45) is 5.92 Å². The largest absolute Gasteiger partial charge is 0.335 e. The Hall–Kier alpha value is -2.10. The number of hydrogen-bond donors (Lipinski definition) is 0. The van der Waals surface area contributed by atoms with E-state index in [4.69, 9.17) is 0 Å². The van der Waals surface area contributed by atoms with Gasteiger partial charge in [0.25, 0.3) is 0 Å². The normalized spacial score (nSPS) is 21.3. The first-order valence-electron chi connectivity index (χ1n) is 9.87. The number of aryl methyl sites for hydroxylation is 1. The first-order chi connectivity index (χ1) is 12.5. The minimum Gasteiger partial charge on any atom is -0.335 e. The van der Waals surface area contributed by atoms with Crippen molar-refractivity contribution in [1.29, 1.82) is 0 Å². The zero-order valence-electron chi connectivity index (χ0n) is 16.3. The molecule has 3 heterocycles. The maximum Gasteiger partial charge on any atom is 0.227 e. The van der Waals surface area contributed by atoms with Crippen LogP contribution < -0.4 is 0 Å². The van der Waals surface area contributed by atoms with Crippen molar-refractivity contribution in [3.05, 3.63) is 52.3 Å². The Labute approximate surface area is 156 Å². The van der Waals surface area contributed by atoms with Crippen LogP contribution in [0.2, 0.25) is 0 Å². The Balaban J connectivity index is 1.56. The fourth-order valence-electron chi connectivity index (χ4n) is 4.78. The standard InChI is InChI=1S/C22H29N3O/c1-14(2)12-25-16(4)20(15(3)23-25)11-22(26)24-13-17-9-10-21(24)19-8-6-5-7-18(17)19/h5-8,14,17,21H,9-13H2,1-4H3/t17-,21+/m1/s1. The minimum absolute atomic E-state index is 0.254. The first-order valence-corrected chi connectivity index (χ1v) is 9.87. The van der Waals surface area contributed by atoms with Gasteiger partial charge in [0.2, 0.25) is 5.91 Å². The second-order valence-electron chi connectivity index (χ2n) is 8.37. The fraction of sp³-hybridized carbons (Fsp3) is 0.545. The molecular formula is C22H29N3O. The Bertz CT molecular complexity index is 836.